The maximum atomic E-state index is 13.8. The number of carbonyl (C=O) groups is 8. The van der Waals surface area contributed by atoms with Gasteiger partial charge in [-0.15, -0.1) is 0 Å². The Morgan fingerprint density at radius 3 is 0.629 bits per heavy atom. The van der Waals surface area contributed by atoms with E-state index in [1.165, 1.54) is 72.8 Å². The van der Waals surface area contributed by atoms with Crippen LogP contribution in [0.1, 0.15) is 157 Å². The van der Waals surface area contributed by atoms with Crippen LogP contribution in [-0.4, -0.2) is 113 Å². The molecule has 8 amide bonds. The quantitative estimate of drug-likeness (QED) is 0.0300. The van der Waals surface area contributed by atoms with Gasteiger partial charge in [-0.2, -0.15) is 0 Å². The van der Waals surface area contributed by atoms with Crippen molar-refractivity contribution in [3.05, 3.63) is 261 Å². The van der Waals surface area contributed by atoms with E-state index in [4.69, 9.17) is 0 Å². The number of carbonyl (C=O) groups excluding carboxylic acids is 8. The van der Waals surface area contributed by atoms with Gasteiger partial charge in [-0.1, -0.05) is 217 Å². The summed E-state index contributed by atoms with van der Waals surface area (Å²) in [6.45, 7) is 8.33. The van der Waals surface area contributed by atoms with Crippen molar-refractivity contribution in [1.29, 1.82) is 0 Å². The van der Waals surface area contributed by atoms with Crippen molar-refractivity contribution in [3.63, 3.8) is 0 Å². The van der Waals surface area contributed by atoms with E-state index in [1.807, 2.05) is 121 Å². The molecule has 8 aromatic rings. The molecule has 501 valence electrons. The molecule has 0 saturated carbocycles. The molecule has 4 unspecified atom stereocenters. The van der Waals surface area contributed by atoms with Gasteiger partial charge in [0, 0.05) is 44.5 Å². The Morgan fingerprint density at radius 2 is 0.443 bits per heavy atom. The fraction of sp³-hybridized carbons (Fsp3) is 0.243. The molecular weight excluding hydrogens is 1370 g/mol. The molecule has 8 aromatic carbocycles. The summed E-state index contributed by atoms with van der Waals surface area (Å²) in [4.78, 5) is 110. The molecule has 0 aliphatic carbocycles. The summed E-state index contributed by atoms with van der Waals surface area (Å²) in [7, 11) is 0. The largest absolute Gasteiger partial charge is 3.00 e. The van der Waals surface area contributed by atoms with Crippen molar-refractivity contribution in [1.82, 2.24) is 42.5 Å². The number of hydrogen-bond donors (Lipinski definition) is 10. The van der Waals surface area contributed by atoms with Gasteiger partial charge in [0.1, 0.15) is 13.1 Å². The van der Waals surface area contributed by atoms with Crippen molar-refractivity contribution in [3.8, 4) is 23.0 Å². The van der Waals surface area contributed by atoms with Crippen molar-refractivity contribution < 1.29 is 109 Å². The van der Waals surface area contributed by atoms with Crippen LogP contribution in [0.3, 0.4) is 0 Å². The van der Waals surface area contributed by atoms with Crippen LogP contribution in [0.25, 0.3) is 0 Å². The van der Waals surface area contributed by atoms with E-state index in [2.05, 4.69) is 42.5 Å². The Kier molecular flexibility index (Phi) is 28.2. The Labute approximate surface area is 595 Å². The van der Waals surface area contributed by atoms with Gasteiger partial charge in [-0.05, 0) is 49.9 Å². The Hall–Kier alpha value is -10.0. The van der Waals surface area contributed by atoms with Crippen molar-refractivity contribution in [2.45, 2.75) is 51.9 Å². The molecule has 1 radical (unpaired) electrons. The average Bonchev–Trinajstić information content (AvgIpc) is 0.918. The molecule has 0 aliphatic heterocycles. The van der Waals surface area contributed by atoms with Gasteiger partial charge in [0.15, 0.2) is 0 Å². The maximum Gasteiger partial charge on any atom is 3.00 e. The van der Waals surface area contributed by atoms with E-state index in [0.29, 0.717) is 13.1 Å². The molecule has 8 rings (SSSR count). The Morgan fingerprint density at radius 1 is 0.268 bits per heavy atom. The van der Waals surface area contributed by atoms with Gasteiger partial charge in [0.05, 0.1) is 76.5 Å². The molecule has 0 aliphatic rings. The topological polar surface area (TPSA) is 334 Å². The summed E-state index contributed by atoms with van der Waals surface area (Å²) in [6, 6.07) is 51.2. The van der Waals surface area contributed by atoms with Crippen LogP contribution in [0.2, 0.25) is 0 Å². The number of quaternary nitrogens is 2. The van der Waals surface area contributed by atoms with Crippen LogP contribution in [0.4, 0.5) is 0 Å². The van der Waals surface area contributed by atoms with E-state index in [1.54, 1.807) is 27.7 Å². The molecule has 0 spiro atoms. The SMILES string of the molecule is CC(NC(=O)c1cccc(C(=O)NCC[NH+](CCNC(=O)c2cccc(C(=O)NC(C)c3ccccc3)c2[O-])CC[NH+](CCNC(=O)c2cccc(C(=O)NC(C)c3ccccc3)c2[O-])CCNC(=O)c2cccc(C(=O)NC(C)c3ccccc3)c2[O-])c1[O-])c1ccccc1.[Sm+3]. The third kappa shape index (κ3) is 20.7. The molecule has 0 saturated heterocycles. The van der Waals surface area contributed by atoms with Crippen LogP contribution < -0.4 is 72.8 Å². The van der Waals surface area contributed by atoms with E-state index in [-0.39, 0.29) is 137 Å². The molecule has 0 fully saturated rings. The number of benzene rings is 8. The summed E-state index contributed by atoms with van der Waals surface area (Å²) in [5.41, 5.74) is 1.26. The monoisotopic (exact) mass is 1450 g/mol. The zero-order chi connectivity index (χ0) is 68.7. The van der Waals surface area contributed by atoms with E-state index in [0.717, 1.165) is 32.1 Å². The minimum Gasteiger partial charge on any atom is -0.871 e. The number of amides is 8. The van der Waals surface area contributed by atoms with Crippen molar-refractivity contribution in [2.75, 3.05) is 65.4 Å². The first-order valence-electron chi connectivity index (χ1n) is 31.7. The second kappa shape index (κ2) is 36.8. The third-order valence-corrected chi connectivity index (χ3v) is 16.5. The van der Waals surface area contributed by atoms with Gasteiger partial charge in [-0.25, -0.2) is 0 Å². The zero-order valence-electron chi connectivity index (χ0n) is 54.2. The standard InChI is InChI=1S/C74H80N10O12.Sm/c1-47(51-21-9-5-10-22-51)79-71(93)59-33-17-29-55(63(59)85)67(89)75-37-41-83(42-38-76-68(90)56-30-18-34-60(64(56)86)72(94)80-48(2)52-23-11-6-12-24-52)45-46-84(43-39-77-69(91)57-31-19-35-61(65(57)87)73(95)81-49(3)53-25-13-7-14-26-53)44-40-78-70(92)58-32-20-36-62(66(58)88)74(96)82-50(4)54-27-15-8-16-28-54;/h5-36,47-50,85-88H,37-46H2,1-4H3,(H,75,89)(H,76,90)(H,77,91)(H,78,92)(H,79,93)(H,80,94)(H,81,95)(H,82,96);/q;+3/p-2. The summed E-state index contributed by atoms with van der Waals surface area (Å²) in [6.07, 6.45) is 0. The Bertz CT molecular complexity index is 3510. The molecule has 0 bridgehead atoms. The molecule has 0 aromatic heterocycles. The summed E-state index contributed by atoms with van der Waals surface area (Å²) >= 11 is 0. The average molecular weight is 1450 g/mol. The van der Waals surface area contributed by atoms with Gasteiger partial charge in [-0.3, -0.25) is 38.4 Å². The fourth-order valence-electron chi connectivity index (χ4n) is 10.9. The number of para-hydroxylation sites is 4. The van der Waals surface area contributed by atoms with Crippen molar-refractivity contribution >= 4 is 47.3 Å². The van der Waals surface area contributed by atoms with Crippen LogP contribution >= 0.6 is 0 Å². The molecule has 23 heteroatoms. The first kappa shape index (κ1) is 74.4. The van der Waals surface area contributed by atoms with E-state index < -0.39 is 94.4 Å². The first-order valence-corrected chi connectivity index (χ1v) is 31.7. The van der Waals surface area contributed by atoms with E-state index in [9.17, 15) is 58.8 Å². The Balaban J connectivity index is 0.0000133. The fourth-order valence-corrected chi connectivity index (χ4v) is 10.9. The van der Waals surface area contributed by atoms with Gasteiger partial charge < -0.3 is 72.8 Å². The minimum absolute atomic E-state index is 0. The second-order valence-electron chi connectivity index (χ2n) is 23.2. The van der Waals surface area contributed by atoms with Crippen LogP contribution in [0.15, 0.2) is 194 Å². The van der Waals surface area contributed by atoms with Crippen LogP contribution in [0.5, 0.6) is 23.0 Å². The summed E-state index contributed by atoms with van der Waals surface area (Å²) < 4.78 is 0. The molecule has 0 heterocycles. The predicted octanol–water partition coefficient (Wildman–Crippen LogP) is 2.73. The molecule has 97 heavy (non-hydrogen) atoms. The van der Waals surface area contributed by atoms with Crippen LogP contribution in [0, 0.1) is 40.4 Å². The minimum atomic E-state index is -0.778. The first-order chi connectivity index (χ1) is 46.3. The normalized spacial score (nSPS) is 12.7. The van der Waals surface area contributed by atoms with Crippen LogP contribution in [-0.2, 0) is 0 Å². The molecular formula is C74H78N10O12Sm+. The smallest absolute Gasteiger partial charge is 0.871 e. The molecule has 4 atom stereocenters. The summed E-state index contributed by atoms with van der Waals surface area (Å²) in [5, 5.41) is 77.3. The predicted molar refractivity (Wildman–Crippen MR) is 353 cm³/mol. The maximum absolute atomic E-state index is 13.8. The molecule has 22 nitrogen and oxygen atoms in total. The number of nitrogens with one attached hydrogen (secondary N) is 10. The van der Waals surface area contributed by atoms with Gasteiger partial charge in [0.25, 0.3) is 47.3 Å². The third-order valence-electron chi connectivity index (χ3n) is 16.5. The van der Waals surface area contributed by atoms with Gasteiger partial charge in [0.2, 0.25) is 0 Å². The van der Waals surface area contributed by atoms with Gasteiger partial charge >= 0.3 is 40.4 Å². The van der Waals surface area contributed by atoms with Crippen molar-refractivity contribution in [2.24, 2.45) is 0 Å². The second-order valence-corrected chi connectivity index (χ2v) is 23.2. The molecule has 10 N–H and O–H groups in total. The zero-order valence-corrected chi connectivity index (χ0v) is 56.8. The summed E-state index contributed by atoms with van der Waals surface area (Å²) in [5.74, 6) is -8.75. The van der Waals surface area contributed by atoms with E-state index >= 15 is 0 Å². The number of hydrogen-bond acceptors (Lipinski definition) is 12. The number of rotatable bonds is 31.